The Labute approximate surface area is 166 Å². The molecule has 4 atom stereocenters. The number of rotatable bonds is 7. The van der Waals surface area contributed by atoms with Gasteiger partial charge in [-0.05, 0) is 18.6 Å². The summed E-state index contributed by atoms with van der Waals surface area (Å²) >= 11 is 0. The van der Waals surface area contributed by atoms with E-state index in [4.69, 9.17) is 14.2 Å². The van der Waals surface area contributed by atoms with Gasteiger partial charge in [-0.15, -0.1) is 0 Å². The lowest BCUT2D eigenvalue weighted by Gasteiger charge is -2.33. The normalized spacial score (nSPS) is 22.1. The van der Waals surface area contributed by atoms with Crippen molar-refractivity contribution in [2.24, 2.45) is 0 Å². The summed E-state index contributed by atoms with van der Waals surface area (Å²) in [6.45, 7) is 1.69. The molecule has 1 fully saturated rings. The number of allylic oxidation sites excluding steroid dienone is 1. The van der Waals surface area contributed by atoms with Crippen molar-refractivity contribution < 1.29 is 32.2 Å². The van der Waals surface area contributed by atoms with Gasteiger partial charge in [-0.1, -0.05) is 66.7 Å². The molecule has 0 N–H and O–H groups in total. The maximum Gasteiger partial charge on any atom is 0.432 e. The van der Waals surface area contributed by atoms with Crippen LogP contribution in [0.4, 0.5) is 13.2 Å². The average Bonchev–Trinajstić information content (AvgIpc) is 3.50. The Kier molecular flexibility index (Phi) is 6.10. The van der Waals surface area contributed by atoms with E-state index in [9.17, 15) is 18.0 Å². The Bertz CT molecular complexity index is 851. The molecule has 1 aliphatic rings. The quantitative estimate of drug-likeness (QED) is 0.379. The minimum absolute atomic E-state index is 0.351. The maximum absolute atomic E-state index is 14.0. The van der Waals surface area contributed by atoms with Crippen molar-refractivity contribution in [1.82, 2.24) is 0 Å². The lowest BCUT2D eigenvalue weighted by atomic mass is 9.92. The third kappa shape index (κ3) is 4.06. The summed E-state index contributed by atoms with van der Waals surface area (Å²) in [5.41, 5.74) is -2.72. The highest BCUT2D eigenvalue weighted by Crippen LogP contribution is 2.46. The lowest BCUT2D eigenvalue weighted by Crippen LogP contribution is -2.52. The van der Waals surface area contributed by atoms with Gasteiger partial charge in [-0.3, -0.25) is 0 Å². The molecule has 2 aromatic rings. The van der Waals surface area contributed by atoms with E-state index in [1.165, 1.54) is 30.3 Å². The van der Waals surface area contributed by atoms with Crippen molar-refractivity contribution in [3.05, 3.63) is 83.9 Å². The highest BCUT2D eigenvalue weighted by molar-refractivity contribution is 5.83. The number of carbonyl (C=O) groups excluding carboxylic acids is 1. The molecular weight excluding hydrogens is 385 g/mol. The largest absolute Gasteiger partial charge is 0.453 e. The zero-order chi connectivity index (χ0) is 21.1. The number of hydrogen-bond donors (Lipinski definition) is 0. The Balaban J connectivity index is 1.88. The van der Waals surface area contributed by atoms with Crippen LogP contribution in [-0.4, -0.2) is 31.5 Å². The standard InChI is InChI=1S/C22H21F3O4/c1-3-10-17(19-18(29-19)15-11-6-4-7-12-15)28-20(26)21(27-2,22(23,24)25)16-13-8-5-9-14-16/h3-14,17-19H,1-2H3/b10-3+/t17-,18-,19-,21-/m1/s1. The van der Waals surface area contributed by atoms with E-state index in [-0.39, 0.29) is 11.7 Å². The van der Waals surface area contributed by atoms with Gasteiger partial charge in [0.05, 0.1) is 0 Å². The zero-order valence-corrected chi connectivity index (χ0v) is 15.9. The molecule has 0 aromatic heterocycles. The van der Waals surface area contributed by atoms with Crippen molar-refractivity contribution in [3.63, 3.8) is 0 Å². The summed E-state index contributed by atoms with van der Waals surface area (Å²) in [6.07, 6.45) is -3.83. The second-order valence-corrected chi connectivity index (χ2v) is 6.58. The number of epoxide rings is 1. The molecule has 0 aliphatic carbocycles. The Morgan fingerprint density at radius 3 is 2.17 bits per heavy atom. The van der Waals surface area contributed by atoms with Gasteiger partial charge in [0.15, 0.2) is 0 Å². The number of ether oxygens (including phenoxy) is 3. The summed E-state index contributed by atoms with van der Waals surface area (Å²) in [6, 6.07) is 15.9. The summed E-state index contributed by atoms with van der Waals surface area (Å²) in [7, 11) is 0.840. The molecule has 0 bridgehead atoms. The molecule has 1 aliphatic heterocycles. The first-order valence-corrected chi connectivity index (χ1v) is 9.07. The van der Waals surface area contributed by atoms with Crippen molar-refractivity contribution in [3.8, 4) is 0 Å². The number of methoxy groups -OCH3 is 1. The van der Waals surface area contributed by atoms with Gasteiger partial charge >= 0.3 is 12.1 Å². The lowest BCUT2D eigenvalue weighted by molar-refractivity contribution is -0.277. The van der Waals surface area contributed by atoms with Crippen LogP contribution >= 0.6 is 0 Å². The second-order valence-electron chi connectivity index (χ2n) is 6.58. The van der Waals surface area contributed by atoms with Crippen molar-refractivity contribution in [2.45, 2.75) is 37.0 Å². The number of carbonyl (C=O) groups is 1. The van der Waals surface area contributed by atoms with Crippen LogP contribution in [0.25, 0.3) is 0 Å². The number of halogens is 3. The summed E-state index contributed by atoms with van der Waals surface area (Å²) in [5.74, 6) is -1.54. The molecule has 3 rings (SSSR count). The molecule has 1 heterocycles. The minimum Gasteiger partial charge on any atom is -0.453 e. The van der Waals surface area contributed by atoms with Crippen LogP contribution in [0.1, 0.15) is 24.2 Å². The fourth-order valence-electron chi connectivity index (χ4n) is 3.28. The third-order valence-electron chi connectivity index (χ3n) is 4.78. The molecule has 0 saturated carbocycles. The topological polar surface area (TPSA) is 48.1 Å². The van der Waals surface area contributed by atoms with E-state index in [0.717, 1.165) is 12.7 Å². The molecule has 0 amide bonds. The Morgan fingerprint density at radius 2 is 1.66 bits per heavy atom. The predicted octanol–water partition coefficient (Wildman–Crippen LogP) is 4.72. The van der Waals surface area contributed by atoms with Crippen molar-refractivity contribution >= 4 is 5.97 Å². The van der Waals surface area contributed by atoms with Crippen LogP contribution in [-0.2, 0) is 24.6 Å². The molecule has 4 nitrogen and oxygen atoms in total. The summed E-state index contributed by atoms with van der Waals surface area (Å²) in [5, 5.41) is 0. The molecule has 2 aromatic carbocycles. The van der Waals surface area contributed by atoms with Gasteiger partial charge in [0.1, 0.15) is 18.3 Å². The molecular formula is C22H21F3O4. The Morgan fingerprint density at radius 1 is 1.07 bits per heavy atom. The molecule has 0 spiro atoms. The molecule has 29 heavy (non-hydrogen) atoms. The van der Waals surface area contributed by atoms with Gasteiger partial charge in [0, 0.05) is 12.7 Å². The fourth-order valence-corrected chi connectivity index (χ4v) is 3.28. The molecule has 154 valence electrons. The van der Waals surface area contributed by atoms with E-state index in [2.05, 4.69) is 0 Å². The van der Waals surface area contributed by atoms with Gasteiger partial charge in [0.25, 0.3) is 5.60 Å². The van der Waals surface area contributed by atoms with Crippen LogP contribution in [0.2, 0.25) is 0 Å². The first-order chi connectivity index (χ1) is 13.8. The average molecular weight is 406 g/mol. The van der Waals surface area contributed by atoms with Crippen LogP contribution in [0.3, 0.4) is 0 Å². The summed E-state index contributed by atoms with van der Waals surface area (Å²) in [4.78, 5) is 12.8. The van der Waals surface area contributed by atoms with Crippen LogP contribution in [0.5, 0.6) is 0 Å². The van der Waals surface area contributed by atoms with E-state index < -0.39 is 30.0 Å². The molecule has 7 heteroatoms. The van der Waals surface area contributed by atoms with Gasteiger partial charge < -0.3 is 14.2 Å². The number of esters is 1. The first-order valence-electron chi connectivity index (χ1n) is 9.07. The highest BCUT2D eigenvalue weighted by Gasteiger charge is 2.65. The predicted molar refractivity (Wildman–Crippen MR) is 99.9 cm³/mol. The van der Waals surface area contributed by atoms with E-state index >= 15 is 0 Å². The van der Waals surface area contributed by atoms with Gasteiger partial charge in [-0.2, -0.15) is 13.2 Å². The number of benzene rings is 2. The SMILES string of the molecule is C/C=C/[C@@H](OC(=O)[C@](OC)(c1ccccc1)C(F)(F)F)[C@H]1O[C@@H]1c1ccccc1. The smallest absolute Gasteiger partial charge is 0.432 e. The first kappa shape index (κ1) is 21.1. The van der Waals surface area contributed by atoms with Crippen LogP contribution in [0.15, 0.2) is 72.8 Å². The van der Waals surface area contributed by atoms with Gasteiger partial charge in [0.2, 0.25) is 0 Å². The number of alkyl halides is 3. The maximum atomic E-state index is 14.0. The minimum atomic E-state index is -5.02. The Hall–Kier alpha value is -2.64. The molecule has 1 saturated heterocycles. The van der Waals surface area contributed by atoms with E-state index in [0.29, 0.717) is 0 Å². The third-order valence-corrected chi connectivity index (χ3v) is 4.78. The second kappa shape index (κ2) is 8.39. The fraction of sp³-hybridized carbons (Fsp3) is 0.318. The summed E-state index contributed by atoms with van der Waals surface area (Å²) < 4.78 is 57.8. The van der Waals surface area contributed by atoms with Gasteiger partial charge in [-0.25, -0.2) is 4.79 Å². The van der Waals surface area contributed by atoms with Crippen molar-refractivity contribution in [2.75, 3.05) is 7.11 Å². The molecule has 0 radical (unpaired) electrons. The van der Waals surface area contributed by atoms with Crippen LogP contribution in [0, 0.1) is 0 Å². The molecule has 0 unspecified atom stereocenters. The zero-order valence-electron chi connectivity index (χ0n) is 15.9. The monoisotopic (exact) mass is 406 g/mol. The van der Waals surface area contributed by atoms with Crippen molar-refractivity contribution in [1.29, 1.82) is 0 Å². The number of hydrogen-bond acceptors (Lipinski definition) is 4. The van der Waals surface area contributed by atoms with Crippen LogP contribution < -0.4 is 0 Å². The van der Waals surface area contributed by atoms with E-state index in [1.54, 1.807) is 19.1 Å². The highest BCUT2D eigenvalue weighted by atomic mass is 19.4. The van der Waals surface area contributed by atoms with E-state index in [1.807, 2.05) is 30.3 Å².